The first-order chi connectivity index (χ1) is 13.4. The van der Waals surface area contributed by atoms with Crippen LogP contribution in [0.15, 0.2) is 24.3 Å². The van der Waals surface area contributed by atoms with E-state index in [1.165, 1.54) is 38.3 Å². The molecular formula is C22H32FN3O2. The van der Waals surface area contributed by atoms with Gasteiger partial charge in [0.25, 0.3) is 0 Å². The first kappa shape index (κ1) is 20.8. The lowest BCUT2D eigenvalue weighted by Gasteiger charge is -2.42. The summed E-state index contributed by atoms with van der Waals surface area (Å²) in [5, 5.41) is 6.30. The Morgan fingerprint density at radius 1 is 1.14 bits per heavy atom. The van der Waals surface area contributed by atoms with Gasteiger partial charge in [-0.1, -0.05) is 31.9 Å². The SMILES string of the molecule is CC(=O)NC1(c2ccc(F)cc2)CCN(CC(=O)N[C@@H]2CCCC[C@@H]2C)CC1. The van der Waals surface area contributed by atoms with Gasteiger partial charge in [-0.15, -0.1) is 0 Å². The second-order valence-corrected chi connectivity index (χ2v) is 8.48. The minimum absolute atomic E-state index is 0.0903. The summed E-state index contributed by atoms with van der Waals surface area (Å²) in [7, 11) is 0. The van der Waals surface area contributed by atoms with Gasteiger partial charge in [-0.2, -0.15) is 0 Å². The zero-order valence-electron chi connectivity index (χ0n) is 17.0. The van der Waals surface area contributed by atoms with Crippen molar-refractivity contribution in [2.24, 2.45) is 5.92 Å². The van der Waals surface area contributed by atoms with Crippen molar-refractivity contribution in [1.29, 1.82) is 0 Å². The van der Waals surface area contributed by atoms with Crippen molar-refractivity contribution in [1.82, 2.24) is 15.5 Å². The molecule has 2 atom stereocenters. The van der Waals surface area contributed by atoms with Crippen LogP contribution in [-0.4, -0.2) is 42.4 Å². The number of piperidine rings is 1. The second kappa shape index (κ2) is 9.03. The van der Waals surface area contributed by atoms with Crippen LogP contribution in [0.5, 0.6) is 0 Å². The summed E-state index contributed by atoms with van der Waals surface area (Å²) < 4.78 is 13.3. The molecule has 1 saturated heterocycles. The largest absolute Gasteiger partial charge is 0.352 e. The molecule has 0 aromatic heterocycles. The molecule has 1 aliphatic heterocycles. The molecule has 3 rings (SSSR count). The molecule has 0 radical (unpaired) electrons. The molecule has 2 aliphatic rings. The molecule has 2 N–H and O–H groups in total. The minimum Gasteiger partial charge on any atom is -0.352 e. The minimum atomic E-state index is -0.496. The number of likely N-dealkylation sites (tertiary alicyclic amines) is 1. The predicted octanol–water partition coefficient (Wildman–Crippen LogP) is 2.95. The standard InChI is InChI=1S/C22H32FN3O2/c1-16-5-3-4-6-20(16)24-21(28)15-26-13-11-22(12-14-26,25-17(2)27)18-7-9-19(23)10-8-18/h7-10,16,20H,3-6,11-15H2,1-2H3,(H,24,28)(H,25,27)/t16-,20+/m0/s1. The molecule has 6 heteroatoms. The number of benzene rings is 1. The maximum Gasteiger partial charge on any atom is 0.234 e. The number of hydrogen-bond acceptors (Lipinski definition) is 3. The fraction of sp³-hybridized carbons (Fsp3) is 0.636. The van der Waals surface area contributed by atoms with E-state index in [2.05, 4.69) is 22.5 Å². The van der Waals surface area contributed by atoms with Crippen LogP contribution in [0.1, 0.15) is 57.9 Å². The fourth-order valence-corrected chi connectivity index (χ4v) is 4.67. The highest BCUT2D eigenvalue weighted by Crippen LogP contribution is 2.33. The summed E-state index contributed by atoms with van der Waals surface area (Å²) in [6.07, 6.45) is 6.11. The van der Waals surface area contributed by atoms with Gasteiger partial charge < -0.3 is 10.6 Å². The Labute approximate surface area is 167 Å². The topological polar surface area (TPSA) is 61.4 Å². The maximum atomic E-state index is 13.3. The molecule has 154 valence electrons. The molecule has 1 heterocycles. The van der Waals surface area contributed by atoms with Gasteiger partial charge in [-0.25, -0.2) is 4.39 Å². The molecule has 2 fully saturated rings. The molecule has 1 saturated carbocycles. The van der Waals surface area contributed by atoms with E-state index in [9.17, 15) is 14.0 Å². The van der Waals surface area contributed by atoms with Crippen LogP contribution in [-0.2, 0) is 15.1 Å². The number of nitrogens with zero attached hydrogens (tertiary/aromatic N) is 1. The summed E-state index contributed by atoms with van der Waals surface area (Å²) in [5.41, 5.74) is 0.425. The van der Waals surface area contributed by atoms with Crippen LogP contribution in [0, 0.1) is 11.7 Å². The Morgan fingerprint density at radius 3 is 2.39 bits per heavy atom. The Balaban J connectivity index is 1.58. The molecule has 0 spiro atoms. The Bertz CT molecular complexity index is 684. The number of rotatable bonds is 5. The summed E-state index contributed by atoms with van der Waals surface area (Å²) in [6, 6.07) is 6.66. The first-order valence-electron chi connectivity index (χ1n) is 10.4. The Hall–Kier alpha value is -1.95. The van der Waals surface area contributed by atoms with Crippen molar-refractivity contribution in [3.63, 3.8) is 0 Å². The van der Waals surface area contributed by atoms with Gasteiger partial charge in [-0.3, -0.25) is 14.5 Å². The predicted molar refractivity (Wildman–Crippen MR) is 107 cm³/mol. The number of hydrogen-bond donors (Lipinski definition) is 2. The number of amides is 2. The van der Waals surface area contributed by atoms with Crippen molar-refractivity contribution in [2.75, 3.05) is 19.6 Å². The average molecular weight is 390 g/mol. The fourth-order valence-electron chi connectivity index (χ4n) is 4.67. The highest BCUT2D eigenvalue weighted by molar-refractivity contribution is 5.78. The summed E-state index contributed by atoms with van der Waals surface area (Å²) in [5.74, 6) is 0.257. The van der Waals surface area contributed by atoms with Gasteiger partial charge in [0, 0.05) is 26.1 Å². The zero-order valence-corrected chi connectivity index (χ0v) is 17.0. The van der Waals surface area contributed by atoms with Crippen molar-refractivity contribution in [3.05, 3.63) is 35.6 Å². The zero-order chi connectivity index (χ0) is 20.1. The monoisotopic (exact) mass is 389 g/mol. The van der Waals surface area contributed by atoms with Crippen LogP contribution < -0.4 is 10.6 Å². The molecular weight excluding hydrogens is 357 g/mol. The maximum absolute atomic E-state index is 13.3. The summed E-state index contributed by atoms with van der Waals surface area (Å²) >= 11 is 0. The Morgan fingerprint density at radius 2 is 1.79 bits per heavy atom. The normalized spacial score (nSPS) is 25.1. The van der Waals surface area contributed by atoms with Gasteiger partial charge in [0.05, 0.1) is 12.1 Å². The van der Waals surface area contributed by atoms with E-state index in [0.717, 1.165) is 12.0 Å². The molecule has 1 aliphatic carbocycles. The second-order valence-electron chi connectivity index (χ2n) is 8.48. The number of halogens is 1. The number of carbonyl (C=O) groups excluding carboxylic acids is 2. The van der Waals surface area contributed by atoms with Gasteiger partial charge in [0.2, 0.25) is 11.8 Å². The smallest absolute Gasteiger partial charge is 0.234 e. The van der Waals surface area contributed by atoms with E-state index in [-0.39, 0.29) is 17.6 Å². The van der Waals surface area contributed by atoms with Crippen LogP contribution in [0.3, 0.4) is 0 Å². The lowest BCUT2D eigenvalue weighted by atomic mass is 9.80. The third-order valence-corrected chi connectivity index (χ3v) is 6.35. The Kier molecular flexibility index (Phi) is 6.70. The van der Waals surface area contributed by atoms with Crippen LogP contribution in [0.2, 0.25) is 0 Å². The van der Waals surface area contributed by atoms with E-state index >= 15 is 0 Å². The van der Waals surface area contributed by atoms with Crippen LogP contribution in [0.25, 0.3) is 0 Å². The highest BCUT2D eigenvalue weighted by Gasteiger charge is 2.37. The highest BCUT2D eigenvalue weighted by atomic mass is 19.1. The van der Waals surface area contributed by atoms with E-state index in [4.69, 9.17) is 0 Å². The quantitative estimate of drug-likeness (QED) is 0.814. The first-order valence-corrected chi connectivity index (χ1v) is 10.4. The molecule has 0 unspecified atom stereocenters. The van der Waals surface area contributed by atoms with Gasteiger partial charge >= 0.3 is 0 Å². The third-order valence-electron chi connectivity index (χ3n) is 6.35. The van der Waals surface area contributed by atoms with Crippen LogP contribution in [0.4, 0.5) is 4.39 Å². The molecule has 1 aromatic rings. The molecule has 5 nitrogen and oxygen atoms in total. The molecule has 28 heavy (non-hydrogen) atoms. The van der Waals surface area contributed by atoms with Crippen molar-refractivity contribution < 1.29 is 14.0 Å². The lowest BCUT2D eigenvalue weighted by molar-refractivity contribution is -0.125. The third kappa shape index (κ3) is 5.10. The molecule has 1 aromatic carbocycles. The number of nitrogens with one attached hydrogen (secondary N) is 2. The van der Waals surface area contributed by atoms with E-state index in [1.807, 2.05) is 0 Å². The van der Waals surface area contributed by atoms with E-state index in [1.54, 1.807) is 12.1 Å². The van der Waals surface area contributed by atoms with Gasteiger partial charge in [-0.05, 0) is 49.3 Å². The van der Waals surface area contributed by atoms with Gasteiger partial charge in [0.1, 0.15) is 5.82 Å². The average Bonchev–Trinajstić information content (AvgIpc) is 2.65. The van der Waals surface area contributed by atoms with Crippen molar-refractivity contribution >= 4 is 11.8 Å². The van der Waals surface area contributed by atoms with Crippen molar-refractivity contribution in [3.8, 4) is 0 Å². The van der Waals surface area contributed by atoms with Crippen LogP contribution >= 0.6 is 0 Å². The molecule has 0 bridgehead atoms. The van der Waals surface area contributed by atoms with Gasteiger partial charge in [0.15, 0.2) is 0 Å². The number of carbonyl (C=O) groups is 2. The molecule has 2 amide bonds. The summed E-state index contributed by atoms with van der Waals surface area (Å²) in [4.78, 5) is 26.5. The van der Waals surface area contributed by atoms with E-state index in [0.29, 0.717) is 44.4 Å². The van der Waals surface area contributed by atoms with Crippen molar-refractivity contribution in [2.45, 2.75) is 64.0 Å². The summed E-state index contributed by atoms with van der Waals surface area (Å²) in [6.45, 7) is 5.55. The lowest BCUT2D eigenvalue weighted by Crippen LogP contribution is -2.54. The van der Waals surface area contributed by atoms with E-state index < -0.39 is 5.54 Å².